The zero-order chi connectivity index (χ0) is 14.4. The van der Waals surface area contributed by atoms with Crippen molar-refractivity contribution in [3.63, 3.8) is 0 Å². The fraction of sp³-hybridized carbons (Fsp3) is 0.538. The molecule has 1 N–H and O–H groups in total. The largest absolute Gasteiger partial charge is 0.356 e. The summed E-state index contributed by atoms with van der Waals surface area (Å²) in [4.78, 5) is 22.1. The minimum Gasteiger partial charge on any atom is -0.356 e. The zero-order valence-electron chi connectivity index (χ0n) is 11.4. The van der Waals surface area contributed by atoms with Crippen LogP contribution in [0, 0.1) is 16.0 Å². The summed E-state index contributed by atoms with van der Waals surface area (Å²) in [5.74, 6) is 1.49. The molecule has 110 valence electrons. The van der Waals surface area contributed by atoms with Crippen LogP contribution in [-0.4, -0.2) is 40.6 Å². The summed E-state index contributed by atoms with van der Waals surface area (Å²) >= 11 is 1.11. The van der Waals surface area contributed by atoms with Crippen molar-refractivity contribution < 1.29 is 4.92 Å². The molecule has 0 saturated carbocycles. The van der Waals surface area contributed by atoms with Crippen molar-refractivity contribution in [1.29, 1.82) is 0 Å². The van der Waals surface area contributed by atoms with Gasteiger partial charge in [-0.15, -0.1) is 0 Å². The molecule has 0 amide bonds. The molecule has 2 aromatic heterocycles. The van der Waals surface area contributed by atoms with Gasteiger partial charge in [-0.1, -0.05) is 0 Å². The van der Waals surface area contributed by atoms with E-state index in [-0.39, 0.29) is 9.92 Å². The smallest absolute Gasteiger partial charge is 0.326 e. The van der Waals surface area contributed by atoms with Crippen LogP contribution in [0.25, 0.3) is 10.2 Å². The Morgan fingerprint density at radius 3 is 3.19 bits per heavy atom. The number of aromatic nitrogens is 2. The van der Waals surface area contributed by atoms with E-state index in [0.717, 1.165) is 48.6 Å². The fourth-order valence-electron chi connectivity index (χ4n) is 3.41. The third-order valence-corrected chi connectivity index (χ3v) is 5.43. The first kappa shape index (κ1) is 12.9. The Labute approximate surface area is 125 Å². The van der Waals surface area contributed by atoms with Gasteiger partial charge in [-0.3, -0.25) is 10.1 Å². The molecule has 8 heteroatoms. The van der Waals surface area contributed by atoms with E-state index in [2.05, 4.69) is 20.2 Å². The predicted octanol–water partition coefficient (Wildman–Crippen LogP) is 1.79. The molecule has 0 radical (unpaired) electrons. The molecule has 0 aromatic carbocycles. The highest BCUT2D eigenvalue weighted by atomic mass is 32.1. The number of rotatable bonds is 2. The van der Waals surface area contributed by atoms with E-state index in [4.69, 9.17) is 0 Å². The van der Waals surface area contributed by atoms with Gasteiger partial charge in [0.1, 0.15) is 17.0 Å². The van der Waals surface area contributed by atoms with Crippen molar-refractivity contribution >= 4 is 32.4 Å². The minimum atomic E-state index is -0.358. The van der Waals surface area contributed by atoms with Gasteiger partial charge >= 0.3 is 5.00 Å². The van der Waals surface area contributed by atoms with Crippen LogP contribution >= 0.6 is 11.3 Å². The van der Waals surface area contributed by atoms with E-state index < -0.39 is 0 Å². The zero-order valence-corrected chi connectivity index (χ0v) is 12.2. The van der Waals surface area contributed by atoms with Crippen LogP contribution in [-0.2, 0) is 0 Å². The summed E-state index contributed by atoms with van der Waals surface area (Å²) in [6.07, 6.45) is 3.80. The van der Waals surface area contributed by atoms with Gasteiger partial charge in [0.15, 0.2) is 0 Å². The summed E-state index contributed by atoms with van der Waals surface area (Å²) in [5.41, 5.74) is 0. The first-order valence-corrected chi connectivity index (χ1v) is 7.91. The topological polar surface area (TPSA) is 84.2 Å². The number of anilines is 1. The molecule has 4 heterocycles. The molecule has 2 fully saturated rings. The highest BCUT2D eigenvalue weighted by molar-refractivity contribution is 7.21. The number of thiophene rings is 1. The lowest BCUT2D eigenvalue weighted by molar-refractivity contribution is -0.380. The molecule has 0 bridgehead atoms. The summed E-state index contributed by atoms with van der Waals surface area (Å²) in [5, 5.41) is 15.4. The van der Waals surface area contributed by atoms with Crippen molar-refractivity contribution in [3.05, 3.63) is 22.5 Å². The van der Waals surface area contributed by atoms with E-state index in [1.54, 1.807) is 6.07 Å². The van der Waals surface area contributed by atoms with Gasteiger partial charge in [0.2, 0.25) is 0 Å². The molecule has 2 aromatic rings. The predicted molar refractivity (Wildman–Crippen MR) is 80.8 cm³/mol. The maximum Gasteiger partial charge on any atom is 0.326 e. The Morgan fingerprint density at radius 2 is 2.33 bits per heavy atom. The monoisotopic (exact) mass is 305 g/mol. The summed E-state index contributed by atoms with van der Waals surface area (Å²) in [6, 6.07) is 2.23. The number of nitro groups is 1. The van der Waals surface area contributed by atoms with Crippen LogP contribution in [0.4, 0.5) is 10.8 Å². The van der Waals surface area contributed by atoms with Gasteiger partial charge in [-0.2, -0.15) is 0 Å². The van der Waals surface area contributed by atoms with Gasteiger partial charge in [0.05, 0.1) is 10.3 Å². The molecular weight excluding hydrogens is 290 g/mol. The number of hydrogen-bond donors (Lipinski definition) is 1. The molecular formula is C13H15N5O2S. The second kappa shape index (κ2) is 4.88. The van der Waals surface area contributed by atoms with Crippen LogP contribution < -0.4 is 10.2 Å². The molecule has 2 atom stereocenters. The van der Waals surface area contributed by atoms with Crippen molar-refractivity contribution in [2.75, 3.05) is 24.5 Å². The molecule has 7 nitrogen and oxygen atoms in total. The maximum absolute atomic E-state index is 11.0. The standard InChI is InChI=1S/C13H15N5O2S/c19-18(20)11-5-9-12(15-7-16-13(9)21-11)17-4-2-10-8(6-17)1-3-14-10/h5,7-8,10,14H,1-4,6H2. The number of nitrogens with zero attached hydrogens (tertiary/aromatic N) is 4. The second-order valence-corrected chi connectivity index (χ2v) is 6.61. The van der Waals surface area contributed by atoms with Crippen LogP contribution in [0.2, 0.25) is 0 Å². The molecule has 2 unspecified atom stereocenters. The molecule has 2 aliphatic rings. The molecule has 2 aliphatic heterocycles. The van der Waals surface area contributed by atoms with Gasteiger partial charge < -0.3 is 10.2 Å². The van der Waals surface area contributed by atoms with Gasteiger partial charge in [0.25, 0.3) is 0 Å². The van der Waals surface area contributed by atoms with Crippen LogP contribution in [0.3, 0.4) is 0 Å². The second-order valence-electron chi connectivity index (χ2n) is 5.60. The lowest BCUT2D eigenvalue weighted by Crippen LogP contribution is -2.44. The van der Waals surface area contributed by atoms with Gasteiger partial charge in [0, 0.05) is 25.2 Å². The molecule has 2 saturated heterocycles. The van der Waals surface area contributed by atoms with Crippen molar-refractivity contribution in [1.82, 2.24) is 15.3 Å². The Bertz CT molecular complexity index is 703. The third-order valence-electron chi connectivity index (χ3n) is 4.43. The van der Waals surface area contributed by atoms with Crippen LogP contribution in [0.15, 0.2) is 12.4 Å². The van der Waals surface area contributed by atoms with Gasteiger partial charge in [-0.05, 0) is 36.6 Å². The molecule has 0 spiro atoms. The molecule has 21 heavy (non-hydrogen) atoms. The Hall–Kier alpha value is -1.80. The fourth-order valence-corrected chi connectivity index (χ4v) is 4.22. The SMILES string of the molecule is O=[N+]([O-])c1cc2c(N3CCC4NCCC4C3)ncnc2s1. The number of fused-ring (bicyclic) bond motifs is 2. The van der Waals surface area contributed by atoms with E-state index in [9.17, 15) is 10.1 Å². The van der Waals surface area contributed by atoms with E-state index >= 15 is 0 Å². The number of piperidine rings is 1. The molecule has 4 rings (SSSR count). The third kappa shape index (κ3) is 2.14. The maximum atomic E-state index is 11.0. The first-order chi connectivity index (χ1) is 10.2. The van der Waals surface area contributed by atoms with E-state index in [0.29, 0.717) is 16.8 Å². The Morgan fingerprint density at radius 1 is 1.43 bits per heavy atom. The summed E-state index contributed by atoms with van der Waals surface area (Å²) in [7, 11) is 0. The highest BCUT2D eigenvalue weighted by Gasteiger charge is 2.33. The number of hydrogen-bond acceptors (Lipinski definition) is 7. The van der Waals surface area contributed by atoms with E-state index in [1.165, 1.54) is 12.7 Å². The van der Waals surface area contributed by atoms with E-state index in [1.807, 2.05) is 0 Å². The Kier molecular flexibility index (Phi) is 3.00. The van der Waals surface area contributed by atoms with Crippen molar-refractivity contribution in [2.24, 2.45) is 5.92 Å². The average molecular weight is 305 g/mol. The quantitative estimate of drug-likeness (QED) is 0.672. The average Bonchev–Trinajstić information content (AvgIpc) is 3.12. The number of nitrogens with one attached hydrogen (secondary N) is 1. The minimum absolute atomic E-state index is 0.129. The normalized spacial score (nSPS) is 25.2. The van der Waals surface area contributed by atoms with Gasteiger partial charge in [-0.25, -0.2) is 9.97 Å². The summed E-state index contributed by atoms with van der Waals surface area (Å²) in [6.45, 7) is 2.99. The lowest BCUT2D eigenvalue weighted by Gasteiger charge is -2.35. The molecule has 0 aliphatic carbocycles. The Balaban J connectivity index is 1.71. The van der Waals surface area contributed by atoms with Crippen molar-refractivity contribution in [3.8, 4) is 0 Å². The summed E-state index contributed by atoms with van der Waals surface area (Å²) < 4.78 is 0. The lowest BCUT2D eigenvalue weighted by atomic mass is 9.93. The first-order valence-electron chi connectivity index (χ1n) is 7.09. The highest BCUT2D eigenvalue weighted by Crippen LogP contribution is 2.36. The van der Waals surface area contributed by atoms with Crippen LogP contribution in [0.1, 0.15) is 12.8 Å². The van der Waals surface area contributed by atoms with Crippen molar-refractivity contribution in [2.45, 2.75) is 18.9 Å². The van der Waals surface area contributed by atoms with Crippen LogP contribution in [0.5, 0.6) is 0 Å².